The molecule has 4 heteroatoms. The fraction of sp³-hybridized carbons (Fsp3) is 1.00. The third-order valence-corrected chi connectivity index (χ3v) is 2.20. The summed E-state index contributed by atoms with van der Waals surface area (Å²) in [4.78, 5) is 0. The highest BCUT2D eigenvalue weighted by molar-refractivity contribution is 4.84. The summed E-state index contributed by atoms with van der Waals surface area (Å²) in [5.41, 5.74) is -1.21. The molecule has 4 nitrogen and oxygen atoms in total. The Bertz CT molecular complexity index is 122. The van der Waals surface area contributed by atoms with Gasteiger partial charge >= 0.3 is 0 Å². The molecule has 0 bridgehead atoms. The molecule has 74 valence electrons. The molecule has 4 N–H and O–H groups in total. The lowest BCUT2D eigenvalue weighted by Gasteiger charge is -2.33. The van der Waals surface area contributed by atoms with E-state index in [0.717, 1.165) is 0 Å². The predicted molar refractivity (Wildman–Crippen MR) is 44.6 cm³/mol. The van der Waals surface area contributed by atoms with Crippen LogP contribution in [-0.4, -0.2) is 45.3 Å². The lowest BCUT2D eigenvalue weighted by molar-refractivity contribution is -0.0847. The largest absolute Gasteiger partial charge is 0.396 e. The zero-order chi connectivity index (χ0) is 9.78. The highest BCUT2D eigenvalue weighted by atomic mass is 16.3. The molecule has 0 amide bonds. The van der Waals surface area contributed by atoms with E-state index in [4.69, 9.17) is 10.2 Å². The molecular formula is C8H18O4. The van der Waals surface area contributed by atoms with Crippen LogP contribution < -0.4 is 0 Å². The average Bonchev–Trinajstić information content (AvgIpc) is 1.86. The molecule has 0 saturated heterocycles. The molecule has 0 saturated carbocycles. The summed E-state index contributed by atoms with van der Waals surface area (Å²) >= 11 is 0. The fourth-order valence-electron chi connectivity index (χ4n) is 1.28. The first kappa shape index (κ1) is 11.8. The van der Waals surface area contributed by atoms with E-state index in [1.165, 1.54) is 13.8 Å². The molecule has 0 aromatic heterocycles. The molecular weight excluding hydrogens is 160 g/mol. The van der Waals surface area contributed by atoms with Crippen LogP contribution in [0.3, 0.4) is 0 Å². The molecule has 0 rings (SSSR count). The van der Waals surface area contributed by atoms with Crippen molar-refractivity contribution in [2.45, 2.75) is 32.0 Å². The zero-order valence-electron chi connectivity index (χ0n) is 7.56. The van der Waals surface area contributed by atoms with E-state index in [-0.39, 0.29) is 19.6 Å². The minimum absolute atomic E-state index is 0.156. The molecule has 0 radical (unpaired) electrons. The summed E-state index contributed by atoms with van der Waals surface area (Å²) in [5, 5.41) is 36.3. The van der Waals surface area contributed by atoms with Crippen LogP contribution in [0.2, 0.25) is 0 Å². The summed E-state index contributed by atoms with van der Waals surface area (Å²) < 4.78 is 0. The fourth-order valence-corrected chi connectivity index (χ4v) is 1.28. The Morgan fingerprint density at radius 1 is 1.33 bits per heavy atom. The van der Waals surface area contributed by atoms with Crippen molar-refractivity contribution in [1.29, 1.82) is 0 Å². The van der Waals surface area contributed by atoms with Gasteiger partial charge in [0.05, 0.1) is 18.3 Å². The quantitative estimate of drug-likeness (QED) is 0.440. The third kappa shape index (κ3) is 3.06. The number of hydrogen-bond donors (Lipinski definition) is 4. The molecule has 3 unspecified atom stereocenters. The first-order valence-corrected chi connectivity index (χ1v) is 4.08. The van der Waals surface area contributed by atoms with Gasteiger partial charge in [0.2, 0.25) is 0 Å². The monoisotopic (exact) mass is 178 g/mol. The highest BCUT2D eigenvalue weighted by Gasteiger charge is 2.33. The van der Waals surface area contributed by atoms with E-state index in [2.05, 4.69) is 0 Å². The molecule has 0 heterocycles. The van der Waals surface area contributed by atoms with E-state index in [1.54, 1.807) is 0 Å². The topological polar surface area (TPSA) is 80.9 Å². The van der Waals surface area contributed by atoms with Crippen LogP contribution in [0.25, 0.3) is 0 Å². The Morgan fingerprint density at radius 2 is 1.83 bits per heavy atom. The SMILES string of the molecule is CC(O)C(CO)C(C)(O)CCO. The van der Waals surface area contributed by atoms with Crippen LogP contribution in [0.4, 0.5) is 0 Å². The van der Waals surface area contributed by atoms with Gasteiger partial charge in [-0.05, 0) is 20.3 Å². The van der Waals surface area contributed by atoms with Gasteiger partial charge in [0, 0.05) is 12.5 Å². The second-order valence-electron chi connectivity index (χ2n) is 3.36. The van der Waals surface area contributed by atoms with Gasteiger partial charge in [-0.3, -0.25) is 0 Å². The van der Waals surface area contributed by atoms with Gasteiger partial charge in [0.15, 0.2) is 0 Å². The Hall–Kier alpha value is -0.160. The van der Waals surface area contributed by atoms with Crippen LogP contribution in [0.1, 0.15) is 20.3 Å². The summed E-state index contributed by atoms with van der Waals surface area (Å²) in [6.45, 7) is 2.56. The normalized spacial score (nSPS) is 21.5. The van der Waals surface area contributed by atoms with Crippen molar-refractivity contribution >= 4 is 0 Å². The zero-order valence-corrected chi connectivity index (χ0v) is 7.56. The van der Waals surface area contributed by atoms with Gasteiger partial charge in [-0.1, -0.05) is 0 Å². The second-order valence-corrected chi connectivity index (χ2v) is 3.36. The summed E-state index contributed by atoms with van der Waals surface area (Å²) in [7, 11) is 0. The third-order valence-electron chi connectivity index (χ3n) is 2.20. The molecule has 3 atom stereocenters. The number of aliphatic hydroxyl groups excluding tert-OH is 3. The van der Waals surface area contributed by atoms with Crippen molar-refractivity contribution in [2.75, 3.05) is 13.2 Å². The molecule has 0 aromatic carbocycles. The molecule has 0 aliphatic heterocycles. The van der Waals surface area contributed by atoms with Crippen molar-refractivity contribution in [3.8, 4) is 0 Å². The predicted octanol–water partition coefficient (Wildman–Crippen LogP) is -0.891. The van der Waals surface area contributed by atoms with Gasteiger partial charge in [0.25, 0.3) is 0 Å². The van der Waals surface area contributed by atoms with E-state index in [9.17, 15) is 10.2 Å². The lowest BCUT2D eigenvalue weighted by Crippen LogP contribution is -2.43. The average molecular weight is 178 g/mol. The smallest absolute Gasteiger partial charge is 0.0716 e. The van der Waals surface area contributed by atoms with E-state index >= 15 is 0 Å². The Kier molecular flexibility index (Phi) is 4.70. The highest BCUT2D eigenvalue weighted by Crippen LogP contribution is 2.23. The van der Waals surface area contributed by atoms with Crippen molar-refractivity contribution in [3.63, 3.8) is 0 Å². The molecule has 0 aliphatic rings. The Labute approximate surface area is 72.5 Å². The van der Waals surface area contributed by atoms with Gasteiger partial charge in [0.1, 0.15) is 0 Å². The minimum Gasteiger partial charge on any atom is -0.396 e. The number of rotatable bonds is 5. The minimum atomic E-state index is -1.21. The Balaban J connectivity index is 4.25. The second kappa shape index (κ2) is 4.77. The maximum atomic E-state index is 9.66. The molecule has 0 fully saturated rings. The maximum absolute atomic E-state index is 9.66. The first-order valence-electron chi connectivity index (χ1n) is 4.08. The van der Waals surface area contributed by atoms with Crippen molar-refractivity contribution in [2.24, 2.45) is 5.92 Å². The van der Waals surface area contributed by atoms with Gasteiger partial charge in [-0.2, -0.15) is 0 Å². The van der Waals surface area contributed by atoms with Crippen molar-refractivity contribution < 1.29 is 20.4 Å². The molecule has 0 spiro atoms. The van der Waals surface area contributed by atoms with Crippen LogP contribution >= 0.6 is 0 Å². The van der Waals surface area contributed by atoms with Gasteiger partial charge in [-0.15, -0.1) is 0 Å². The summed E-state index contributed by atoms with van der Waals surface area (Å²) in [6, 6.07) is 0. The summed E-state index contributed by atoms with van der Waals surface area (Å²) in [5.74, 6) is -0.607. The molecule has 0 aromatic rings. The number of aliphatic hydroxyl groups is 4. The summed E-state index contributed by atoms with van der Waals surface area (Å²) in [6.07, 6.45) is -0.625. The van der Waals surface area contributed by atoms with Crippen LogP contribution in [0.5, 0.6) is 0 Å². The maximum Gasteiger partial charge on any atom is 0.0716 e. The standard InChI is InChI=1S/C8H18O4/c1-6(11)7(5-10)8(2,12)3-4-9/h6-7,9-12H,3-5H2,1-2H3. The van der Waals surface area contributed by atoms with Crippen LogP contribution in [-0.2, 0) is 0 Å². The van der Waals surface area contributed by atoms with Gasteiger partial charge < -0.3 is 20.4 Å². The molecule has 12 heavy (non-hydrogen) atoms. The van der Waals surface area contributed by atoms with Crippen LogP contribution in [0.15, 0.2) is 0 Å². The molecule has 0 aliphatic carbocycles. The van der Waals surface area contributed by atoms with Crippen molar-refractivity contribution in [1.82, 2.24) is 0 Å². The Morgan fingerprint density at radius 3 is 2.08 bits per heavy atom. The van der Waals surface area contributed by atoms with E-state index in [1.807, 2.05) is 0 Å². The van der Waals surface area contributed by atoms with Gasteiger partial charge in [-0.25, -0.2) is 0 Å². The first-order chi connectivity index (χ1) is 5.45. The van der Waals surface area contributed by atoms with E-state index < -0.39 is 17.6 Å². The lowest BCUT2D eigenvalue weighted by atomic mass is 9.83. The number of hydrogen-bond acceptors (Lipinski definition) is 4. The van der Waals surface area contributed by atoms with E-state index in [0.29, 0.717) is 0 Å². The van der Waals surface area contributed by atoms with Crippen molar-refractivity contribution in [3.05, 3.63) is 0 Å². The van der Waals surface area contributed by atoms with Crippen LogP contribution in [0, 0.1) is 5.92 Å².